The maximum Gasteiger partial charge on any atom is 0.131 e. The van der Waals surface area contributed by atoms with Crippen molar-refractivity contribution in [2.24, 2.45) is 5.73 Å². The molecule has 2 rings (SSSR count). The van der Waals surface area contributed by atoms with E-state index in [1.54, 1.807) is 25.1 Å². The van der Waals surface area contributed by atoms with Gasteiger partial charge < -0.3 is 10.8 Å². The Morgan fingerprint density at radius 1 is 1.20 bits per heavy atom. The summed E-state index contributed by atoms with van der Waals surface area (Å²) in [7, 11) is 0. The molecule has 106 valence electrons. The van der Waals surface area contributed by atoms with Crippen LogP contribution in [0, 0.1) is 12.7 Å². The van der Waals surface area contributed by atoms with E-state index in [2.05, 4.69) is 15.9 Å². The molecule has 0 bridgehead atoms. The van der Waals surface area contributed by atoms with Crippen LogP contribution in [-0.2, 0) is 0 Å². The molecular weight excluding hydrogens is 321 g/mol. The van der Waals surface area contributed by atoms with Gasteiger partial charge in [0.05, 0.1) is 6.10 Å². The molecule has 2 nitrogen and oxygen atoms in total. The third-order valence-electron chi connectivity index (χ3n) is 3.47. The summed E-state index contributed by atoms with van der Waals surface area (Å²) in [5.41, 5.74) is 7.48. The Hall–Kier alpha value is -1.23. The molecule has 0 saturated carbocycles. The van der Waals surface area contributed by atoms with E-state index in [1.807, 2.05) is 24.3 Å². The summed E-state index contributed by atoms with van der Waals surface area (Å²) in [5.74, 6) is -0.699. The third-order valence-corrected chi connectivity index (χ3v) is 4.00. The average molecular weight is 338 g/mol. The molecule has 0 heterocycles. The Labute approximate surface area is 126 Å². The highest BCUT2D eigenvalue weighted by Crippen LogP contribution is 2.32. The van der Waals surface area contributed by atoms with Crippen molar-refractivity contribution in [3.05, 3.63) is 69.4 Å². The molecule has 2 atom stereocenters. The van der Waals surface area contributed by atoms with E-state index in [0.29, 0.717) is 11.1 Å². The Morgan fingerprint density at radius 3 is 2.45 bits per heavy atom. The first kappa shape index (κ1) is 15.2. The Morgan fingerprint density at radius 2 is 1.85 bits per heavy atom. The number of aliphatic hydroxyl groups is 1. The molecule has 0 fully saturated rings. The smallest absolute Gasteiger partial charge is 0.131 e. The second-order valence-electron chi connectivity index (χ2n) is 4.82. The van der Waals surface area contributed by atoms with Gasteiger partial charge in [-0.3, -0.25) is 0 Å². The summed E-state index contributed by atoms with van der Waals surface area (Å²) < 4.78 is 15.1. The molecule has 0 radical (unpaired) electrons. The van der Waals surface area contributed by atoms with E-state index in [-0.39, 0.29) is 18.3 Å². The minimum atomic E-state index is -0.957. The third kappa shape index (κ3) is 3.08. The van der Waals surface area contributed by atoms with E-state index in [1.165, 1.54) is 0 Å². The number of aryl methyl sites for hydroxylation is 1. The molecule has 0 aliphatic heterocycles. The quantitative estimate of drug-likeness (QED) is 0.893. The van der Waals surface area contributed by atoms with Crippen LogP contribution >= 0.6 is 15.9 Å². The highest BCUT2D eigenvalue weighted by atomic mass is 79.9. The first-order valence-corrected chi connectivity index (χ1v) is 7.22. The fourth-order valence-electron chi connectivity index (χ4n) is 2.27. The van der Waals surface area contributed by atoms with Crippen molar-refractivity contribution >= 4 is 15.9 Å². The molecule has 3 N–H and O–H groups in total. The van der Waals surface area contributed by atoms with Crippen LogP contribution in [-0.4, -0.2) is 11.7 Å². The summed E-state index contributed by atoms with van der Waals surface area (Å²) >= 11 is 3.37. The Balaban J connectivity index is 2.36. The summed E-state index contributed by atoms with van der Waals surface area (Å²) in [6.45, 7) is 1.93. The van der Waals surface area contributed by atoms with Gasteiger partial charge in [0, 0.05) is 22.5 Å². The molecule has 2 aromatic rings. The minimum Gasteiger partial charge on any atom is -0.388 e. The van der Waals surface area contributed by atoms with Gasteiger partial charge in [-0.1, -0.05) is 46.3 Å². The van der Waals surface area contributed by atoms with Gasteiger partial charge in [-0.15, -0.1) is 0 Å². The zero-order valence-electron chi connectivity index (χ0n) is 11.2. The van der Waals surface area contributed by atoms with E-state index in [4.69, 9.17) is 5.73 Å². The van der Waals surface area contributed by atoms with Crippen LogP contribution in [0.2, 0.25) is 0 Å². The van der Waals surface area contributed by atoms with Gasteiger partial charge in [0.1, 0.15) is 5.82 Å². The van der Waals surface area contributed by atoms with Crippen molar-refractivity contribution in [1.82, 2.24) is 0 Å². The first-order valence-electron chi connectivity index (χ1n) is 6.43. The van der Waals surface area contributed by atoms with Crippen LogP contribution in [0.15, 0.2) is 46.9 Å². The van der Waals surface area contributed by atoms with Gasteiger partial charge in [-0.2, -0.15) is 0 Å². The first-order chi connectivity index (χ1) is 9.54. The van der Waals surface area contributed by atoms with Gasteiger partial charge in [-0.25, -0.2) is 4.39 Å². The van der Waals surface area contributed by atoms with Crippen LogP contribution < -0.4 is 5.73 Å². The molecule has 0 saturated heterocycles. The largest absolute Gasteiger partial charge is 0.388 e. The Kier molecular flexibility index (Phi) is 4.91. The van der Waals surface area contributed by atoms with E-state index >= 15 is 0 Å². The van der Waals surface area contributed by atoms with E-state index in [0.717, 1.165) is 10.0 Å². The van der Waals surface area contributed by atoms with Crippen LogP contribution in [0.5, 0.6) is 0 Å². The number of aliphatic hydroxyl groups excluding tert-OH is 1. The molecule has 2 unspecified atom stereocenters. The molecule has 4 heteroatoms. The minimum absolute atomic E-state index is 0.246. The lowest BCUT2D eigenvalue weighted by molar-refractivity contribution is 0.143. The number of rotatable bonds is 4. The predicted molar refractivity (Wildman–Crippen MR) is 82.0 cm³/mol. The lowest BCUT2D eigenvalue weighted by atomic mass is 9.88. The second-order valence-corrected chi connectivity index (χ2v) is 5.73. The van der Waals surface area contributed by atoms with Crippen molar-refractivity contribution in [3.63, 3.8) is 0 Å². The van der Waals surface area contributed by atoms with Gasteiger partial charge in [0.15, 0.2) is 0 Å². The maximum absolute atomic E-state index is 14.1. The second kappa shape index (κ2) is 6.48. The number of hydrogen-bond acceptors (Lipinski definition) is 2. The molecular formula is C16H17BrFNO. The lowest BCUT2D eigenvalue weighted by Gasteiger charge is -2.23. The number of benzene rings is 2. The van der Waals surface area contributed by atoms with Crippen molar-refractivity contribution in [2.45, 2.75) is 18.9 Å². The lowest BCUT2D eigenvalue weighted by Crippen LogP contribution is -2.21. The summed E-state index contributed by atoms with van der Waals surface area (Å²) in [5, 5.41) is 10.5. The average Bonchev–Trinajstić information content (AvgIpc) is 2.44. The molecule has 20 heavy (non-hydrogen) atoms. The number of hydrogen-bond donors (Lipinski definition) is 2. The monoisotopic (exact) mass is 337 g/mol. The molecule has 0 spiro atoms. The maximum atomic E-state index is 14.1. The zero-order chi connectivity index (χ0) is 14.7. The van der Waals surface area contributed by atoms with E-state index < -0.39 is 6.10 Å². The van der Waals surface area contributed by atoms with Crippen molar-refractivity contribution in [3.8, 4) is 0 Å². The molecule has 0 aromatic heterocycles. The van der Waals surface area contributed by atoms with Crippen molar-refractivity contribution < 1.29 is 9.50 Å². The summed E-state index contributed by atoms with van der Waals surface area (Å²) in [6, 6.07) is 12.6. The van der Waals surface area contributed by atoms with Gasteiger partial charge >= 0.3 is 0 Å². The summed E-state index contributed by atoms with van der Waals surface area (Å²) in [6.07, 6.45) is -0.957. The van der Waals surface area contributed by atoms with Gasteiger partial charge in [0.2, 0.25) is 0 Å². The number of nitrogens with two attached hydrogens (primary N) is 1. The van der Waals surface area contributed by atoms with Crippen LogP contribution in [0.3, 0.4) is 0 Å². The molecule has 0 aliphatic rings. The topological polar surface area (TPSA) is 46.2 Å². The number of halogens is 2. The Bertz CT molecular complexity index is 586. The molecule has 0 aliphatic carbocycles. The SMILES string of the molecule is Cc1cccc(C(O)C(CN)c2ccc(Br)cc2)c1F. The van der Waals surface area contributed by atoms with Crippen LogP contribution in [0.25, 0.3) is 0 Å². The van der Waals surface area contributed by atoms with Crippen LogP contribution in [0.1, 0.15) is 28.7 Å². The molecule has 0 amide bonds. The summed E-state index contributed by atoms with van der Waals surface area (Å²) in [4.78, 5) is 0. The van der Waals surface area contributed by atoms with Gasteiger partial charge in [0.25, 0.3) is 0 Å². The fourth-order valence-corrected chi connectivity index (χ4v) is 2.54. The molecule has 2 aromatic carbocycles. The van der Waals surface area contributed by atoms with E-state index in [9.17, 15) is 9.50 Å². The predicted octanol–water partition coefficient (Wildman–Crippen LogP) is 3.67. The van der Waals surface area contributed by atoms with Crippen LogP contribution in [0.4, 0.5) is 4.39 Å². The highest BCUT2D eigenvalue weighted by Gasteiger charge is 2.24. The van der Waals surface area contributed by atoms with Gasteiger partial charge in [-0.05, 0) is 30.2 Å². The fraction of sp³-hybridized carbons (Fsp3) is 0.250. The highest BCUT2D eigenvalue weighted by molar-refractivity contribution is 9.10. The zero-order valence-corrected chi connectivity index (χ0v) is 12.8. The van der Waals surface area contributed by atoms with Crippen molar-refractivity contribution in [2.75, 3.05) is 6.54 Å². The normalized spacial score (nSPS) is 14.1. The standard InChI is InChI=1S/C16H17BrFNO/c1-10-3-2-4-13(15(10)18)16(20)14(9-19)11-5-7-12(17)8-6-11/h2-8,14,16,20H,9,19H2,1H3. The van der Waals surface area contributed by atoms with Crippen molar-refractivity contribution in [1.29, 1.82) is 0 Å².